The summed E-state index contributed by atoms with van der Waals surface area (Å²) >= 11 is 3.12. The largest absolute Gasteiger partial charge is 0.461 e. The van der Waals surface area contributed by atoms with Gasteiger partial charge in [-0.15, -0.1) is 22.7 Å². The lowest BCUT2D eigenvalue weighted by molar-refractivity contribution is 0.0519. The van der Waals surface area contributed by atoms with Crippen molar-refractivity contribution in [1.29, 1.82) is 0 Å². The number of esters is 1. The number of carbonyl (C=O) groups excluding carboxylic acids is 1. The van der Waals surface area contributed by atoms with Crippen molar-refractivity contribution in [1.82, 2.24) is 9.97 Å². The molecule has 0 aromatic carbocycles. The van der Waals surface area contributed by atoms with Gasteiger partial charge in [-0.25, -0.2) is 14.8 Å². The first-order valence-corrected chi connectivity index (χ1v) is 7.97. The van der Waals surface area contributed by atoms with Gasteiger partial charge in [-0.1, -0.05) is 0 Å². The Hall–Kier alpha value is -1.47. The maximum Gasteiger partial charge on any atom is 0.358 e. The molecule has 0 saturated carbocycles. The molecule has 0 radical (unpaired) electrons. The van der Waals surface area contributed by atoms with Crippen LogP contribution in [0, 0.1) is 13.8 Å². The molecule has 2 aromatic rings. The zero-order chi connectivity index (χ0) is 14.7. The quantitative estimate of drug-likeness (QED) is 0.794. The summed E-state index contributed by atoms with van der Waals surface area (Å²) in [5, 5.41) is 3.89. The fourth-order valence-electron chi connectivity index (χ4n) is 1.73. The Morgan fingerprint density at radius 2 is 2.15 bits per heavy atom. The lowest BCUT2D eigenvalue weighted by Gasteiger charge is -2.13. The summed E-state index contributed by atoms with van der Waals surface area (Å²) in [5.74, 6) is -0.356. The number of aryl methyl sites for hydroxylation is 2. The Morgan fingerprint density at radius 3 is 2.75 bits per heavy atom. The SMILES string of the molecule is CCOC(=O)c1nc(N(C)Cc2csc(C)n2)sc1C. The molecule has 7 heteroatoms. The van der Waals surface area contributed by atoms with Crippen LogP contribution in [0.1, 0.15) is 33.0 Å². The number of nitrogens with zero attached hydrogens (tertiary/aromatic N) is 3. The minimum Gasteiger partial charge on any atom is -0.461 e. The summed E-state index contributed by atoms with van der Waals surface area (Å²) in [6.07, 6.45) is 0. The molecule has 0 spiro atoms. The van der Waals surface area contributed by atoms with Crippen molar-refractivity contribution < 1.29 is 9.53 Å². The minimum atomic E-state index is -0.356. The first kappa shape index (κ1) is 14.9. The van der Waals surface area contributed by atoms with Gasteiger partial charge >= 0.3 is 5.97 Å². The monoisotopic (exact) mass is 311 g/mol. The van der Waals surface area contributed by atoms with Crippen molar-refractivity contribution in [2.75, 3.05) is 18.6 Å². The number of hydrogen-bond donors (Lipinski definition) is 0. The van der Waals surface area contributed by atoms with Crippen LogP contribution in [0.25, 0.3) is 0 Å². The van der Waals surface area contributed by atoms with Gasteiger partial charge in [0.25, 0.3) is 0 Å². The van der Waals surface area contributed by atoms with Gasteiger partial charge in [0.15, 0.2) is 10.8 Å². The Labute approximate surface area is 126 Å². The predicted molar refractivity (Wildman–Crippen MR) is 81.8 cm³/mol. The average Bonchev–Trinajstić information content (AvgIpc) is 2.96. The minimum absolute atomic E-state index is 0.356. The van der Waals surface area contributed by atoms with Crippen molar-refractivity contribution in [3.05, 3.63) is 26.7 Å². The van der Waals surface area contributed by atoms with Crippen LogP contribution < -0.4 is 4.90 Å². The lowest BCUT2D eigenvalue weighted by Crippen LogP contribution is -2.17. The molecule has 0 aliphatic carbocycles. The number of hydrogen-bond acceptors (Lipinski definition) is 7. The van der Waals surface area contributed by atoms with Crippen molar-refractivity contribution in [3.63, 3.8) is 0 Å². The number of anilines is 1. The van der Waals surface area contributed by atoms with E-state index in [-0.39, 0.29) is 5.97 Å². The van der Waals surface area contributed by atoms with E-state index in [0.29, 0.717) is 18.8 Å². The van der Waals surface area contributed by atoms with E-state index in [2.05, 4.69) is 9.97 Å². The molecule has 0 N–H and O–H groups in total. The molecule has 5 nitrogen and oxygen atoms in total. The highest BCUT2D eigenvalue weighted by atomic mass is 32.1. The van der Waals surface area contributed by atoms with Crippen molar-refractivity contribution in [2.45, 2.75) is 27.3 Å². The summed E-state index contributed by atoms with van der Waals surface area (Å²) in [7, 11) is 1.95. The maximum atomic E-state index is 11.8. The van der Waals surface area contributed by atoms with Crippen LogP contribution in [-0.4, -0.2) is 29.6 Å². The van der Waals surface area contributed by atoms with E-state index in [0.717, 1.165) is 20.7 Å². The maximum absolute atomic E-state index is 11.8. The van der Waals surface area contributed by atoms with Crippen molar-refractivity contribution in [2.24, 2.45) is 0 Å². The van der Waals surface area contributed by atoms with Crippen molar-refractivity contribution >= 4 is 33.8 Å². The van der Waals surface area contributed by atoms with E-state index >= 15 is 0 Å². The summed E-state index contributed by atoms with van der Waals surface area (Å²) < 4.78 is 5.00. The molecule has 0 atom stereocenters. The second-order valence-electron chi connectivity index (χ2n) is 4.34. The van der Waals surface area contributed by atoms with Gasteiger partial charge < -0.3 is 9.64 Å². The van der Waals surface area contributed by atoms with E-state index in [1.165, 1.54) is 11.3 Å². The fraction of sp³-hybridized carbons (Fsp3) is 0.462. The van der Waals surface area contributed by atoms with E-state index in [1.807, 2.05) is 31.2 Å². The fourth-order valence-corrected chi connectivity index (χ4v) is 3.19. The molecule has 2 rings (SSSR count). The smallest absolute Gasteiger partial charge is 0.358 e. The van der Waals surface area contributed by atoms with E-state index < -0.39 is 0 Å². The molecule has 0 aliphatic heterocycles. The Balaban J connectivity index is 2.12. The lowest BCUT2D eigenvalue weighted by atomic mass is 10.4. The van der Waals surface area contributed by atoms with E-state index in [9.17, 15) is 4.79 Å². The van der Waals surface area contributed by atoms with E-state index in [1.54, 1.807) is 18.3 Å². The highest BCUT2D eigenvalue weighted by molar-refractivity contribution is 7.15. The number of aromatic nitrogens is 2. The first-order chi connectivity index (χ1) is 9.51. The van der Waals surface area contributed by atoms with Crippen molar-refractivity contribution in [3.8, 4) is 0 Å². The molecule has 0 unspecified atom stereocenters. The third-order valence-electron chi connectivity index (χ3n) is 2.65. The standard InChI is InChI=1S/C13H17N3O2S2/c1-5-18-12(17)11-8(2)20-13(15-11)16(4)6-10-7-19-9(3)14-10/h7H,5-6H2,1-4H3. The number of thiazole rings is 2. The number of ether oxygens (including phenoxy) is 1. The molecule has 0 fully saturated rings. The second-order valence-corrected chi connectivity index (χ2v) is 6.58. The van der Waals surface area contributed by atoms with Gasteiger partial charge in [0.1, 0.15) is 0 Å². The molecule has 0 amide bonds. The average molecular weight is 311 g/mol. The molecule has 2 aromatic heterocycles. The molecule has 2 heterocycles. The number of rotatable bonds is 5. The molecule has 20 heavy (non-hydrogen) atoms. The van der Waals surface area contributed by atoms with Gasteiger partial charge in [0, 0.05) is 17.3 Å². The molecular formula is C13H17N3O2S2. The molecule has 0 bridgehead atoms. The highest BCUT2D eigenvalue weighted by Gasteiger charge is 2.18. The van der Waals surface area contributed by atoms with Crippen LogP contribution in [0.3, 0.4) is 0 Å². The molecule has 0 saturated heterocycles. The first-order valence-electron chi connectivity index (χ1n) is 6.28. The van der Waals surface area contributed by atoms with Crippen LogP contribution in [0.5, 0.6) is 0 Å². The zero-order valence-electron chi connectivity index (χ0n) is 12.0. The van der Waals surface area contributed by atoms with Gasteiger partial charge in [-0.3, -0.25) is 0 Å². The second kappa shape index (κ2) is 6.32. The number of carbonyl (C=O) groups is 1. The van der Waals surface area contributed by atoms with Crippen LogP contribution in [0.2, 0.25) is 0 Å². The third kappa shape index (κ3) is 3.34. The normalized spacial score (nSPS) is 10.6. The third-order valence-corrected chi connectivity index (χ3v) is 4.55. The van der Waals surface area contributed by atoms with Gasteiger partial charge in [-0.2, -0.15) is 0 Å². The zero-order valence-corrected chi connectivity index (χ0v) is 13.6. The van der Waals surface area contributed by atoms with Gasteiger partial charge in [-0.05, 0) is 20.8 Å². The summed E-state index contributed by atoms with van der Waals surface area (Å²) in [4.78, 5) is 23.4. The van der Waals surface area contributed by atoms with E-state index in [4.69, 9.17) is 4.74 Å². The van der Waals surface area contributed by atoms with Gasteiger partial charge in [0.2, 0.25) is 0 Å². The molecule has 108 valence electrons. The topological polar surface area (TPSA) is 55.3 Å². The molecular weight excluding hydrogens is 294 g/mol. The Kier molecular flexibility index (Phi) is 4.72. The Bertz CT molecular complexity index is 607. The summed E-state index contributed by atoms with van der Waals surface area (Å²) in [6.45, 7) is 6.70. The Morgan fingerprint density at radius 1 is 1.40 bits per heavy atom. The van der Waals surface area contributed by atoms with Gasteiger partial charge in [0.05, 0.1) is 23.9 Å². The molecule has 0 aliphatic rings. The van der Waals surface area contributed by atoms with Crippen LogP contribution in [0.4, 0.5) is 5.13 Å². The van der Waals surface area contributed by atoms with Crippen LogP contribution >= 0.6 is 22.7 Å². The van der Waals surface area contributed by atoms with Crippen LogP contribution in [-0.2, 0) is 11.3 Å². The highest BCUT2D eigenvalue weighted by Crippen LogP contribution is 2.26. The van der Waals surface area contributed by atoms with Crippen LogP contribution in [0.15, 0.2) is 5.38 Å². The summed E-state index contributed by atoms with van der Waals surface area (Å²) in [6, 6.07) is 0. The predicted octanol–water partition coefficient (Wildman–Crippen LogP) is 3.03. The summed E-state index contributed by atoms with van der Waals surface area (Å²) in [5.41, 5.74) is 1.42.